The van der Waals surface area contributed by atoms with E-state index in [1.54, 1.807) is 0 Å². The lowest BCUT2D eigenvalue weighted by Crippen LogP contribution is -2.13. The third-order valence-corrected chi connectivity index (χ3v) is 2.64. The van der Waals surface area contributed by atoms with Crippen molar-refractivity contribution in [1.82, 2.24) is 9.97 Å². The maximum Gasteiger partial charge on any atom is 0.139 e. The van der Waals surface area contributed by atoms with Crippen molar-refractivity contribution in [3.8, 4) is 11.3 Å². The van der Waals surface area contributed by atoms with Gasteiger partial charge in [-0.05, 0) is 0 Å². The number of aromatic amines is 1. The lowest BCUT2D eigenvalue weighted by molar-refractivity contribution is 0.553. The highest BCUT2D eigenvalue weighted by Gasteiger charge is 2.17. The molecule has 2 rings (SSSR count). The molecule has 0 spiro atoms. The maximum atomic E-state index is 4.63. The fourth-order valence-electron chi connectivity index (χ4n) is 1.58. The molecule has 16 heavy (non-hydrogen) atoms. The van der Waals surface area contributed by atoms with Crippen molar-refractivity contribution >= 4 is 13.3 Å². The van der Waals surface area contributed by atoms with Crippen LogP contribution in [0.15, 0.2) is 30.5 Å². The summed E-state index contributed by atoms with van der Waals surface area (Å²) in [4.78, 5) is 7.87. The van der Waals surface area contributed by atoms with Gasteiger partial charge in [-0.3, -0.25) is 0 Å². The molecular weight excluding hydrogens is 195 g/mol. The molecule has 1 heterocycles. The molecule has 2 nitrogen and oxygen atoms in total. The predicted octanol–water partition coefficient (Wildman–Crippen LogP) is 1.63. The van der Waals surface area contributed by atoms with E-state index >= 15 is 0 Å². The molecule has 0 atom stereocenters. The Morgan fingerprint density at radius 1 is 1.12 bits per heavy atom. The molecular formula is C13H17BN2. The highest BCUT2D eigenvalue weighted by Crippen LogP contribution is 2.22. The Hall–Kier alpha value is -1.51. The first-order valence-electron chi connectivity index (χ1n) is 5.60. The number of imidazole rings is 1. The molecule has 1 aromatic carbocycles. The molecule has 1 aromatic heterocycles. The van der Waals surface area contributed by atoms with E-state index < -0.39 is 0 Å². The Morgan fingerprint density at radius 2 is 1.75 bits per heavy atom. The predicted molar refractivity (Wildman–Crippen MR) is 70.9 cm³/mol. The zero-order chi connectivity index (χ0) is 11.8. The first-order valence-corrected chi connectivity index (χ1v) is 5.60. The summed E-state index contributed by atoms with van der Waals surface area (Å²) >= 11 is 0. The van der Waals surface area contributed by atoms with Crippen molar-refractivity contribution in [1.29, 1.82) is 0 Å². The zero-order valence-electron chi connectivity index (χ0n) is 10.3. The Bertz CT molecular complexity index is 477. The summed E-state index contributed by atoms with van der Waals surface area (Å²) in [5, 5.41) is 0. The van der Waals surface area contributed by atoms with Gasteiger partial charge in [-0.25, -0.2) is 4.98 Å². The van der Waals surface area contributed by atoms with Gasteiger partial charge in [0.2, 0.25) is 0 Å². The van der Waals surface area contributed by atoms with Gasteiger partial charge in [-0.1, -0.05) is 50.5 Å². The highest BCUT2D eigenvalue weighted by atomic mass is 14.9. The standard InChI is InChI=1S/C13H17BN2/c1-13(2,3)12-15-8-11(16-12)9-4-6-10(14)7-5-9/h4-8H,14H2,1-3H3,(H,15,16). The number of nitrogens with zero attached hydrogens (tertiary/aromatic N) is 1. The summed E-state index contributed by atoms with van der Waals surface area (Å²) < 4.78 is 0. The van der Waals surface area contributed by atoms with Crippen LogP contribution in [0.4, 0.5) is 0 Å². The zero-order valence-corrected chi connectivity index (χ0v) is 10.3. The number of benzene rings is 1. The second-order valence-corrected chi connectivity index (χ2v) is 5.25. The second kappa shape index (κ2) is 3.82. The van der Waals surface area contributed by atoms with Gasteiger partial charge in [0.1, 0.15) is 13.7 Å². The minimum absolute atomic E-state index is 0.0724. The number of H-pyrrole nitrogens is 1. The first-order chi connectivity index (χ1) is 7.47. The topological polar surface area (TPSA) is 28.7 Å². The molecule has 0 saturated heterocycles. The van der Waals surface area contributed by atoms with E-state index in [4.69, 9.17) is 0 Å². The fourth-order valence-corrected chi connectivity index (χ4v) is 1.58. The summed E-state index contributed by atoms with van der Waals surface area (Å²) in [6.45, 7) is 6.47. The van der Waals surface area contributed by atoms with Gasteiger partial charge >= 0.3 is 0 Å². The van der Waals surface area contributed by atoms with Gasteiger partial charge in [0.15, 0.2) is 0 Å². The van der Waals surface area contributed by atoms with E-state index in [9.17, 15) is 0 Å². The molecule has 0 aliphatic heterocycles. The van der Waals surface area contributed by atoms with Crippen LogP contribution in [0.5, 0.6) is 0 Å². The highest BCUT2D eigenvalue weighted by molar-refractivity contribution is 6.32. The SMILES string of the molecule is Bc1ccc(-c2c[nH]c(C(C)(C)C)n2)cc1. The van der Waals surface area contributed by atoms with E-state index in [0.29, 0.717) is 0 Å². The fraction of sp³-hybridized carbons (Fsp3) is 0.308. The van der Waals surface area contributed by atoms with Gasteiger partial charge in [-0.2, -0.15) is 0 Å². The van der Waals surface area contributed by atoms with Gasteiger partial charge in [0.25, 0.3) is 0 Å². The van der Waals surface area contributed by atoms with Crippen LogP contribution in [0.1, 0.15) is 26.6 Å². The Kier molecular flexibility index (Phi) is 2.62. The van der Waals surface area contributed by atoms with E-state index in [1.807, 2.05) is 6.20 Å². The molecule has 0 amide bonds. The summed E-state index contributed by atoms with van der Waals surface area (Å²) in [6.07, 6.45) is 1.98. The molecule has 0 saturated carbocycles. The van der Waals surface area contributed by atoms with E-state index in [1.165, 1.54) is 5.46 Å². The van der Waals surface area contributed by atoms with Gasteiger partial charge in [0.05, 0.1) is 5.69 Å². The first kappa shape index (κ1) is 11.0. The van der Waals surface area contributed by atoms with Crippen LogP contribution in [0.25, 0.3) is 11.3 Å². The molecule has 0 bridgehead atoms. The molecule has 0 radical (unpaired) electrons. The third kappa shape index (κ3) is 2.18. The van der Waals surface area contributed by atoms with Crippen LogP contribution < -0.4 is 5.46 Å². The monoisotopic (exact) mass is 212 g/mol. The molecule has 0 unspecified atom stereocenters. The number of aromatic nitrogens is 2. The van der Waals surface area contributed by atoms with Crippen LogP contribution in [-0.4, -0.2) is 17.8 Å². The minimum atomic E-state index is 0.0724. The molecule has 3 heteroatoms. The lowest BCUT2D eigenvalue weighted by atomic mass is 9.95. The maximum absolute atomic E-state index is 4.63. The van der Waals surface area contributed by atoms with Gasteiger partial charge in [-0.15, -0.1) is 0 Å². The van der Waals surface area contributed by atoms with Crippen LogP contribution >= 0.6 is 0 Å². The third-order valence-electron chi connectivity index (χ3n) is 2.64. The van der Waals surface area contributed by atoms with Crippen molar-refractivity contribution in [2.45, 2.75) is 26.2 Å². The molecule has 82 valence electrons. The largest absolute Gasteiger partial charge is 0.348 e. The number of hydrogen-bond acceptors (Lipinski definition) is 1. The van der Waals surface area contributed by atoms with Crippen LogP contribution in [0.2, 0.25) is 0 Å². The quantitative estimate of drug-likeness (QED) is 0.715. The van der Waals surface area contributed by atoms with Crippen molar-refractivity contribution < 1.29 is 0 Å². The number of nitrogens with one attached hydrogen (secondary N) is 1. The average molecular weight is 212 g/mol. The Balaban J connectivity index is 2.35. The van der Waals surface area contributed by atoms with Gasteiger partial charge < -0.3 is 4.98 Å². The summed E-state index contributed by atoms with van der Waals surface area (Å²) in [5.41, 5.74) is 3.53. The van der Waals surface area contributed by atoms with Gasteiger partial charge in [0, 0.05) is 17.2 Å². The van der Waals surface area contributed by atoms with Crippen molar-refractivity contribution in [3.63, 3.8) is 0 Å². The van der Waals surface area contributed by atoms with Crippen molar-refractivity contribution in [2.75, 3.05) is 0 Å². The van der Waals surface area contributed by atoms with E-state index in [0.717, 1.165) is 17.1 Å². The molecule has 0 aliphatic rings. The van der Waals surface area contributed by atoms with Crippen LogP contribution in [0, 0.1) is 0 Å². The average Bonchev–Trinajstić information content (AvgIpc) is 2.67. The van der Waals surface area contributed by atoms with Crippen LogP contribution in [0.3, 0.4) is 0 Å². The van der Waals surface area contributed by atoms with Crippen molar-refractivity contribution in [2.24, 2.45) is 0 Å². The van der Waals surface area contributed by atoms with E-state index in [2.05, 4.69) is 62.9 Å². The molecule has 0 fully saturated rings. The second-order valence-electron chi connectivity index (χ2n) is 5.25. The molecule has 2 aromatic rings. The normalized spacial score (nSPS) is 11.7. The summed E-state index contributed by atoms with van der Waals surface area (Å²) in [6, 6.07) is 8.44. The Labute approximate surface area is 97.5 Å². The lowest BCUT2D eigenvalue weighted by Gasteiger charge is -2.13. The summed E-state index contributed by atoms with van der Waals surface area (Å²) in [5.74, 6) is 1.03. The number of rotatable bonds is 1. The number of hydrogen-bond donors (Lipinski definition) is 1. The molecule has 0 aliphatic carbocycles. The summed E-state index contributed by atoms with van der Waals surface area (Å²) in [7, 11) is 2.09. The smallest absolute Gasteiger partial charge is 0.139 e. The van der Waals surface area contributed by atoms with E-state index in [-0.39, 0.29) is 5.41 Å². The van der Waals surface area contributed by atoms with Crippen LogP contribution in [-0.2, 0) is 5.41 Å². The Morgan fingerprint density at radius 3 is 2.25 bits per heavy atom. The minimum Gasteiger partial charge on any atom is -0.348 e. The molecule has 1 N–H and O–H groups in total. The van der Waals surface area contributed by atoms with Crippen molar-refractivity contribution in [3.05, 3.63) is 36.3 Å².